The van der Waals surface area contributed by atoms with E-state index in [-0.39, 0.29) is 35.7 Å². The van der Waals surface area contributed by atoms with Crippen molar-refractivity contribution in [3.8, 4) is 0 Å². The molecule has 1 aromatic carbocycles. The van der Waals surface area contributed by atoms with E-state index < -0.39 is 29.6 Å². The zero-order valence-electron chi connectivity index (χ0n) is 21.6. The molecule has 9 heteroatoms. The molecule has 0 unspecified atom stereocenters. The third-order valence-electron chi connectivity index (χ3n) is 9.37. The first-order valence-electron chi connectivity index (χ1n) is 14.0. The second-order valence-corrected chi connectivity index (χ2v) is 12.6. The molecule has 0 aromatic heterocycles. The van der Waals surface area contributed by atoms with Crippen molar-refractivity contribution >= 4 is 46.6 Å². The molecule has 6 rings (SSSR count). The molecule has 0 radical (unpaired) electrons. The highest BCUT2D eigenvalue weighted by Crippen LogP contribution is 2.56. The highest BCUT2D eigenvalue weighted by Gasteiger charge is 2.73. The van der Waals surface area contributed by atoms with Crippen LogP contribution in [0.5, 0.6) is 0 Å². The normalized spacial score (nSPS) is 36.4. The number of carbonyl (C=O) groups is 3. The molecule has 2 saturated heterocycles. The summed E-state index contributed by atoms with van der Waals surface area (Å²) in [5, 5.41) is 6.99. The molecule has 2 bridgehead atoms. The molecule has 5 aliphatic rings. The van der Waals surface area contributed by atoms with Gasteiger partial charge in [0.1, 0.15) is 11.6 Å². The fourth-order valence-corrected chi connectivity index (χ4v) is 8.18. The van der Waals surface area contributed by atoms with Crippen molar-refractivity contribution < 1.29 is 19.1 Å². The van der Waals surface area contributed by atoms with Crippen LogP contribution in [-0.4, -0.2) is 52.5 Å². The lowest BCUT2D eigenvalue weighted by atomic mass is 9.74. The van der Waals surface area contributed by atoms with Crippen LogP contribution >= 0.6 is 23.2 Å². The Kier molecular flexibility index (Phi) is 6.98. The number of nitrogens with zero attached hydrogens (tertiary/aromatic N) is 1. The Bertz CT molecular complexity index is 1150. The van der Waals surface area contributed by atoms with Crippen molar-refractivity contribution in [2.45, 2.75) is 94.5 Å². The third-order valence-corrected chi connectivity index (χ3v) is 9.80. The predicted molar refractivity (Wildman–Crippen MR) is 146 cm³/mol. The minimum absolute atomic E-state index is 0.0511. The van der Waals surface area contributed by atoms with Gasteiger partial charge in [-0.05, 0) is 49.8 Å². The average Bonchev–Trinajstić information content (AvgIpc) is 3.52. The van der Waals surface area contributed by atoms with Gasteiger partial charge in [-0.3, -0.25) is 14.4 Å². The Morgan fingerprint density at radius 3 is 2.37 bits per heavy atom. The lowest BCUT2D eigenvalue weighted by Gasteiger charge is -2.42. The second kappa shape index (κ2) is 10.1. The topological polar surface area (TPSA) is 87.7 Å². The molecule has 3 heterocycles. The summed E-state index contributed by atoms with van der Waals surface area (Å²) in [6.45, 7) is 2.17. The molecular weight excluding hydrogens is 525 g/mol. The van der Waals surface area contributed by atoms with Crippen LogP contribution < -0.4 is 10.6 Å². The van der Waals surface area contributed by atoms with E-state index in [9.17, 15) is 14.4 Å². The summed E-state index contributed by atoms with van der Waals surface area (Å²) in [6, 6.07) is 4.12. The van der Waals surface area contributed by atoms with Crippen molar-refractivity contribution in [3.05, 3.63) is 40.4 Å². The summed E-state index contributed by atoms with van der Waals surface area (Å²) >= 11 is 12.3. The minimum Gasteiger partial charge on any atom is -0.359 e. The fraction of sp³-hybridized carbons (Fsp3) is 0.621. The molecule has 1 aromatic rings. The monoisotopic (exact) mass is 559 g/mol. The molecule has 204 valence electrons. The van der Waals surface area contributed by atoms with Gasteiger partial charge in [-0.25, -0.2) is 0 Å². The number of fused-ring (bicyclic) bond motifs is 1. The van der Waals surface area contributed by atoms with Gasteiger partial charge >= 0.3 is 0 Å². The van der Waals surface area contributed by atoms with E-state index in [1.165, 1.54) is 6.42 Å². The van der Waals surface area contributed by atoms with Crippen molar-refractivity contribution in [2.24, 2.45) is 17.8 Å². The van der Waals surface area contributed by atoms with Crippen LogP contribution in [0.1, 0.15) is 64.7 Å². The van der Waals surface area contributed by atoms with Gasteiger partial charge in [-0.15, -0.1) is 0 Å². The summed E-state index contributed by atoms with van der Waals surface area (Å²) < 4.78 is 6.51. The van der Waals surface area contributed by atoms with Crippen molar-refractivity contribution in [1.82, 2.24) is 10.2 Å². The summed E-state index contributed by atoms with van der Waals surface area (Å²) in [6.07, 6.45) is 12.5. The van der Waals surface area contributed by atoms with E-state index in [0.29, 0.717) is 15.7 Å². The van der Waals surface area contributed by atoms with Gasteiger partial charge in [0.05, 0.1) is 17.9 Å². The summed E-state index contributed by atoms with van der Waals surface area (Å²) in [5.41, 5.74) is -0.686. The maximum absolute atomic E-state index is 14.3. The van der Waals surface area contributed by atoms with E-state index in [0.717, 1.165) is 51.4 Å². The molecule has 4 fully saturated rings. The van der Waals surface area contributed by atoms with Gasteiger partial charge in [0, 0.05) is 27.8 Å². The van der Waals surface area contributed by atoms with Gasteiger partial charge < -0.3 is 20.3 Å². The van der Waals surface area contributed by atoms with Gasteiger partial charge in [0.2, 0.25) is 17.7 Å². The molecule has 7 nitrogen and oxygen atoms in total. The third kappa shape index (κ3) is 4.35. The number of nitrogens with one attached hydrogen (secondary N) is 2. The number of likely N-dealkylation sites (tertiary alicyclic amines) is 1. The lowest BCUT2D eigenvalue weighted by molar-refractivity contribution is -0.146. The molecule has 2 N–H and O–H groups in total. The molecule has 7 atom stereocenters. The number of amides is 3. The average molecular weight is 561 g/mol. The van der Waals surface area contributed by atoms with E-state index in [1.54, 1.807) is 18.2 Å². The zero-order valence-corrected chi connectivity index (χ0v) is 23.1. The van der Waals surface area contributed by atoms with E-state index >= 15 is 0 Å². The van der Waals surface area contributed by atoms with Crippen LogP contribution in [0.4, 0.5) is 5.69 Å². The number of ether oxygens (including phenoxy) is 1. The van der Waals surface area contributed by atoms with E-state index in [1.807, 2.05) is 17.1 Å². The molecule has 1 spiro atoms. The van der Waals surface area contributed by atoms with Gasteiger partial charge in [0.25, 0.3) is 0 Å². The van der Waals surface area contributed by atoms with E-state index in [2.05, 4.69) is 17.6 Å². The van der Waals surface area contributed by atoms with Crippen LogP contribution in [-0.2, 0) is 19.1 Å². The highest BCUT2D eigenvalue weighted by molar-refractivity contribution is 6.35. The minimum atomic E-state index is -1.15. The first-order valence-corrected chi connectivity index (χ1v) is 14.8. The predicted octanol–water partition coefficient (Wildman–Crippen LogP) is 5.11. The Balaban J connectivity index is 1.33. The lowest BCUT2D eigenvalue weighted by Crippen LogP contribution is -2.59. The molecule has 2 saturated carbocycles. The van der Waals surface area contributed by atoms with E-state index in [4.69, 9.17) is 27.9 Å². The Morgan fingerprint density at radius 1 is 0.974 bits per heavy atom. The number of benzene rings is 1. The number of anilines is 1. The van der Waals surface area contributed by atoms with Crippen molar-refractivity contribution in [3.63, 3.8) is 0 Å². The van der Waals surface area contributed by atoms with Crippen LogP contribution in [0.25, 0.3) is 0 Å². The molecular formula is C29H35Cl2N3O4. The Labute approximate surface area is 233 Å². The molecule has 3 amide bonds. The maximum atomic E-state index is 14.3. The standard InChI is InChI=1S/C29H35Cl2N3O4/c1-16-7-5-6-10-21(16)34-25(27(36)32-19-8-3-2-4-9-19)29-12-11-22(38-29)23(24(29)28(34)37)26(35)33-20-14-17(30)13-18(31)15-20/h11-16,19,21-25H,2-10H2,1H3,(H,32,36)(H,33,35)/t16-,21+,22+,23+,24+,25-,29+/m1/s1. The number of hydrogen-bond acceptors (Lipinski definition) is 4. The van der Waals surface area contributed by atoms with Crippen LogP contribution in [0.2, 0.25) is 10.0 Å². The number of rotatable bonds is 5. The van der Waals surface area contributed by atoms with Crippen LogP contribution in [0.15, 0.2) is 30.4 Å². The first kappa shape index (κ1) is 26.1. The molecule has 2 aliphatic carbocycles. The Hall–Kier alpha value is -2.09. The summed E-state index contributed by atoms with van der Waals surface area (Å²) in [5.74, 6) is -1.87. The maximum Gasteiger partial charge on any atom is 0.246 e. The molecule has 3 aliphatic heterocycles. The van der Waals surface area contributed by atoms with Crippen LogP contribution in [0.3, 0.4) is 0 Å². The van der Waals surface area contributed by atoms with Gasteiger partial charge in [-0.2, -0.15) is 0 Å². The Morgan fingerprint density at radius 2 is 1.66 bits per heavy atom. The largest absolute Gasteiger partial charge is 0.359 e. The quantitative estimate of drug-likeness (QED) is 0.490. The highest BCUT2D eigenvalue weighted by atomic mass is 35.5. The number of carbonyl (C=O) groups excluding carboxylic acids is 3. The van der Waals surface area contributed by atoms with Crippen LogP contribution in [0, 0.1) is 17.8 Å². The number of halogens is 2. The van der Waals surface area contributed by atoms with Gasteiger partial charge in [-0.1, -0.05) is 74.4 Å². The zero-order chi connectivity index (χ0) is 26.6. The van der Waals surface area contributed by atoms with Crippen molar-refractivity contribution in [2.75, 3.05) is 5.32 Å². The summed E-state index contributed by atoms with van der Waals surface area (Å²) in [7, 11) is 0. The van der Waals surface area contributed by atoms with Gasteiger partial charge in [0.15, 0.2) is 0 Å². The fourth-order valence-electron chi connectivity index (χ4n) is 7.65. The summed E-state index contributed by atoms with van der Waals surface area (Å²) in [4.78, 5) is 43.8. The SMILES string of the molecule is C[C@@H]1CCCC[C@@H]1N1C(=O)[C@@H]2[C@@H](C(=O)Nc3cc(Cl)cc(Cl)c3)[C@@H]3C=C[C@@]2(O3)[C@H]1C(=O)NC1CCCCC1. The number of hydrogen-bond donors (Lipinski definition) is 2. The second-order valence-electron chi connectivity index (χ2n) is 11.8. The van der Waals surface area contributed by atoms with Crippen molar-refractivity contribution in [1.29, 1.82) is 0 Å². The molecule has 38 heavy (non-hydrogen) atoms. The smallest absolute Gasteiger partial charge is 0.246 e. The first-order chi connectivity index (χ1) is 18.3.